The Hall–Kier alpha value is -1.08. The van der Waals surface area contributed by atoms with Crippen LogP contribution in [0.15, 0.2) is 11.0 Å². The molecule has 21 heavy (non-hydrogen) atoms. The van der Waals surface area contributed by atoms with Crippen molar-refractivity contribution in [3.05, 3.63) is 21.6 Å². The molecule has 0 aromatic carbocycles. The predicted molar refractivity (Wildman–Crippen MR) is 83.7 cm³/mol. The first-order valence-electron chi connectivity index (χ1n) is 7.15. The Kier molecular flexibility index (Phi) is 5.27. The topological polar surface area (TPSA) is 81.1 Å². The van der Waals surface area contributed by atoms with Crippen molar-refractivity contribution in [3.63, 3.8) is 0 Å². The second kappa shape index (κ2) is 6.79. The minimum atomic E-state index is -2.90. The zero-order valence-electron chi connectivity index (χ0n) is 12.0. The van der Waals surface area contributed by atoms with E-state index in [9.17, 15) is 13.2 Å². The van der Waals surface area contributed by atoms with Gasteiger partial charge in [0, 0.05) is 12.6 Å². The van der Waals surface area contributed by atoms with Gasteiger partial charge in [0.2, 0.25) is 0 Å². The Morgan fingerprint density at radius 1 is 1.43 bits per heavy atom. The molecule has 8 heteroatoms. The largest absolute Gasteiger partial charge is 0.380 e. The second-order valence-electron chi connectivity index (χ2n) is 5.32. The molecule has 1 aliphatic heterocycles. The Bertz CT molecular complexity index is 643. The first kappa shape index (κ1) is 16.3. The SMILES string of the molecule is CCCCn1ncc(NC2CCS(=O)(=O)CC2)c(Cl)c1=O. The van der Waals surface area contributed by atoms with Crippen molar-refractivity contribution in [1.82, 2.24) is 9.78 Å². The molecule has 0 saturated carbocycles. The van der Waals surface area contributed by atoms with Gasteiger partial charge in [0.1, 0.15) is 14.9 Å². The molecule has 2 heterocycles. The predicted octanol–water partition coefficient (Wildman–Crippen LogP) is 1.69. The van der Waals surface area contributed by atoms with Crippen molar-refractivity contribution in [2.75, 3.05) is 16.8 Å². The summed E-state index contributed by atoms with van der Waals surface area (Å²) in [7, 11) is -2.90. The number of nitrogens with zero attached hydrogens (tertiary/aromatic N) is 2. The third-order valence-electron chi connectivity index (χ3n) is 3.62. The summed E-state index contributed by atoms with van der Waals surface area (Å²) < 4.78 is 24.2. The molecule has 6 nitrogen and oxygen atoms in total. The van der Waals surface area contributed by atoms with Gasteiger partial charge in [-0.05, 0) is 19.3 Å². The van der Waals surface area contributed by atoms with Gasteiger partial charge in [-0.2, -0.15) is 5.10 Å². The normalized spacial score (nSPS) is 18.6. The lowest BCUT2D eigenvalue weighted by atomic mass is 10.1. The third kappa shape index (κ3) is 4.20. The molecule has 1 N–H and O–H groups in total. The number of rotatable bonds is 5. The Morgan fingerprint density at radius 3 is 2.71 bits per heavy atom. The molecule has 1 aromatic rings. The van der Waals surface area contributed by atoms with Gasteiger partial charge in [-0.25, -0.2) is 13.1 Å². The molecule has 0 bridgehead atoms. The van der Waals surface area contributed by atoms with Crippen molar-refractivity contribution in [2.24, 2.45) is 0 Å². The fraction of sp³-hybridized carbons (Fsp3) is 0.692. The van der Waals surface area contributed by atoms with Crippen molar-refractivity contribution in [1.29, 1.82) is 0 Å². The van der Waals surface area contributed by atoms with Crippen LogP contribution in [0.3, 0.4) is 0 Å². The Labute approximate surface area is 129 Å². The maximum Gasteiger partial charge on any atom is 0.287 e. The van der Waals surface area contributed by atoms with Gasteiger partial charge in [0.15, 0.2) is 0 Å². The van der Waals surface area contributed by atoms with Crippen molar-refractivity contribution >= 4 is 27.1 Å². The molecule has 1 aliphatic rings. The van der Waals surface area contributed by atoms with Crippen LogP contribution in [0.1, 0.15) is 32.6 Å². The van der Waals surface area contributed by atoms with Crippen LogP contribution in [-0.4, -0.2) is 35.7 Å². The Morgan fingerprint density at radius 2 is 2.10 bits per heavy atom. The average Bonchev–Trinajstić information content (AvgIpc) is 2.45. The average molecular weight is 334 g/mol. The third-order valence-corrected chi connectivity index (χ3v) is 5.70. The highest BCUT2D eigenvalue weighted by molar-refractivity contribution is 7.91. The number of nitrogens with one attached hydrogen (secondary N) is 1. The number of aryl methyl sites for hydroxylation is 1. The van der Waals surface area contributed by atoms with E-state index in [2.05, 4.69) is 10.4 Å². The summed E-state index contributed by atoms with van der Waals surface area (Å²) in [4.78, 5) is 12.1. The summed E-state index contributed by atoms with van der Waals surface area (Å²) >= 11 is 6.10. The lowest BCUT2D eigenvalue weighted by Gasteiger charge is -2.24. The molecule has 0 unspecified atom stereocenters. The van der Waals surface area contributed by atoms with Gasteiger partial charge in [-0.15, -0.1) is 0 Å². The summed E-state index contributed by atoms with van der Waals surface area (Å²) in [5.41, 5.74) is 0.178. The quantitative estimate of drug-likeness (QED) is 0.886. The van der Waals surface area contributed by atoms with Gasteiger partial charge >= 0.3 is 0 Å². The van der Waals surface area contributed by atoms with Crippen LogP contribution in [0.25, 0.3) is 0 Å². The standard InChI is InChI=1S/C13H20ClN3O3S/c1-2-3-6-17-13(18)12(14)11(9-15-17)16-10-4-7-21(19,20)8-5-10/h9-10,16H,2-8H2,1H3. The number of hydrogen-bond donors (Lipinski definition) is 1. The highest BCUT2D eigenvalue weighted by atomic mass is 35.5. The maximum absolute atomic E-state index is 12.1. The van der Waals surface area contributed by atoms with Gasteiger partial charge in [0.05, 0.1) is 23.4 Å². The summed E-state index contributed by atoms with van der Waals surface area (Å²) in [6.07, 6.45) is 4.44. The summed E-state index contributed by atoms with van der Waals surface area (Å²) in [5.74, 6) is 0.340. The number of halogens is 1. The molecule has 0 atom stereocenters. The molecule has 118 valence electrons. The monoisotopic (exact) mass is 333 g/mol. The number of sulfone groups is 1. The van der Waals surface area contributed by atoms with E-state index in [1.165, 1.54) is 4.68 Å². The van der Waals surface area contributed by atoms with E-state index in [1.54, 1.807) is 6.20 Å². The molecule has 0 spiro atoms. The number of aromatic nitrogens is 2. The van der Waals surface area contributed by atoms with Crippen LogP contribution >= 0.6 is 11.6 Å². The van der Waals surface area contributed by atoms with Crippen LogP contribution in [0.2, 0.25) is 5.02 Å². The van der Waals surface area contributed by atoms with E-state index in [4.69, 9.17) is 11.6 Å². The molecule has 1 fully saturated rings. The van der Waals surface area contributed by atoms with Gasteiger partial charge in [-0.3, -0.25) is 4.79 Å². The molecule has 2 rings (SSSR count). The van der Waals surface area contributed by atoms with Crippen molar-refractivity contribution < 1.29 is 8.42 Å². The van der Waals surface area contributed by atoms with E-state index in [1.807, 2.05) is 6.92 Å². The smallest absolute Gasteiger partial charge is 0.287 e. The molecular formula is C13H20ClN3O3S. The van der Waals surface area contributed by atoms with Crippen molar-refractivity contribution in [2.45, 2.75) is 45.2 Å². The molecule has 1 saturated heterocycles. The van der Waals surface area contributed by atoms with Gasteiger partial charge in [-0.1, -0.05) is 24.9 Å². The fourth-order valence-electron chi connectivity index (χ4n) is 2.29. The van der Waals surface area contributed by atoms with Crippen LogP contribution < -0.4 is 10.9 Å². The molecule has 0 amide bonds. The van der Waals surface area contributed by atoms with Crippen LogP contribution in [0, 0.1) is 0 Å². The lowest BCUT2D eigenvalue weighted by Crippen LogP contribution is -2.33. The molecule has 1 aromatic heterocycles. The summed E-state index contributed by atoms with van der Waals surface area (Å²) in [6, 6.07) is 0.0127. The number of anilines is 1. The molecule has 0 radical (unpaired) electrons. The Balaban J connectivity index is 2.08. The fourth-order valence-corrected chi connectivity index (χ4v) is 3.98. The van der Waals surface area contributed by atoms with Gasteiger partial charge in [0.25, 0.3) is 5.56 Å². The minimum Gasteiger partial charge on any atom is -0.380 e. The van der Waals surface area contributed by atoms with Gasteiger partial charge < -0.3 is 5.32 Å². The number of unbranched alkanes of at least 4 members (excludes halogenated alkanes) is 1. The molecule has 0 aliphatic carbocycles. The first-order chi connectivity index (χ1) is 9.93. The van der Waals surface area contributed by atoms with E-state index in [0.717, 1.165) is 12.8 Å². The highest BCUT2D eigenvalue weighted by Gasteiger charge is 2.24. The van der Waals surface area contributed by atoms with Crippen LogP contribution in [-0.2, 0) is 16.4 Å². The van der Waals surface area contributed by atoms with Crippen LogP contribution in [0.4, 0.5) is 5.69 Å². The maximum atomic E-state index is 12.1. The second-order valence-corrected chi connectivity index (χ2v) is 8.01. The number of hydrogen-bond acceptors (Lipinski definition) is 5. The zero-order chi connectivity index (χ0) is 15.5. The highest BCUT2D eigenvalue weighted by Crippen LogP contribution is 2.21. The first-order valence-corrected chi connectivity index (χ1v) is 9.35. The van der Waals surface area contributed by atoms with E-state index in [-0.39, 0.29) is 28.1 Å². The van der Waals surface area contributed by atoms with E-state index >= 15 is 0 Å². The van der Waals surface area contributed by atoms with Crippen molar-refractivity contribution in [3.8, 4) is 0 Å². The van der Waals surface area contributed by atoms with E-state index in [0.29, 0.717) is 25.1 Å². The molecular weight excluding hydrogens is 314 g/mol. The zero-order valence-corrected chi connectivity index (χ0v) is 13.6. The minimum absolute atomic E-state index is 0.0127. The lowest BCUT2D eigenvalue weighted by molar-refractivity contribution is 0.541. The summed E-state index contributed by atoms with van der Waals surface area (Å²) in [6.45, 7) is 2.59. The van der Waals surface area contributed by atoms with E-state index < -0.39 is 9.84 Å². The van der Waals surface area contributed by atoms with Crippen LogP contribution in [0.5, 0.6) is 0 Å². The summed E-state index contributed by atoms with van der Waals surface area (Å²) in [5, 5.41) is 7.37.